The SMILES string of the molecule is OC(c1cccc(C(F)(F)F)c1)c1ccc(F)c(F)c1. The van der Waals surface area contributed by atoms with Crippen molar-refractivity contribution in [2.45, 2.75) is 12.3 Å². The van der Waals surface area contributed by atoms with Gasteiger partial charge in [-0.3, -0.25) is 0 Å². The van der Waals surface area contributed by atoms with Crippen LogP contribution in [-0.2, 0) is 6.18 Å². The average Bonchev–Trinajstić information content (AvgIpc) is 2.40. The van der Waals surface area contributed by atoms with Crippen molar-refractivity contribution < 1.29 is 27.1 Å². The summed E-state index contributed by atoms with van der Waals surface area (Å²) in [6, 6.07) is 6.72. The van der Waals surface area contributed by atoms with Gasteiger partial charge >= 0.3 is 6.18 Å². The Bertz CT molecular complexity index is 621. The van der Waals surface area contributed by atoms with Gasteiger partial charge in [0.05, 0.1) is 5.56 Å². The molecule has 2 rings (SSSR count). The molecule has 0 fully saturated rings. The molecule has 2 aromatic carbocycles. The van der Waals surface area contributed by atoms with E-state index < -0.39 is 29.5 Å². The van der Waals surface area contributed by atoms with Crippen LogP contribution in [0.5, 0.6) is 0 Å². The molecule has 2 aromatic rings. The Hall–Kier alpha value is -1.95. The van der Waals surface area contributed by atoms with Crippen molar-refractivity contribution in [3.63, 3.8) is 0 Å². The van der Waals surface area contributed by atoms with Crippen LogP contribution < -0.4 is 0 Å². The van der Waals surface area contributed by atoms with Crippen molar-refractivity contribution in [2.75, 3.05) is 0 Å². The molecular weight excluding hydrogens is 279 g/mol. The minimum Gasteiger partial charge on any atom is -0.384 e. The Morgan fingerprint density at radius 1 is 0.850 bits per heavy atom. The van der Waals surface area contributed by atoms with Gasteiger partial charge in [0.2, 0.25) is 0 Å². The van der Waals surface area contributed by atoms with E-state index in [2.05, 4.69) is 0 Å². The van der Waals surface area contributed by atoms with Gasteiger partial charge in [-0.2, -0.15) is 13.2 Å². The highest BCUT2D eigenvalue weighted by molar-refractivity contribution is 5.34. The van der Waals surface area contributed by atoms with Crippen LogP contribution in [-0.4, -0.2) is 5.11 Å². The fourth-order valence-corrected chi connectivity index (χ4v) is 1.76. The zero-order valence-electron chi connectivity index (χ0n) is 9.96. The number of alkyl halides is 3. The molecule has 1 atom stereocenters. The molecule has 0 amide bonds. The van der Waals surface area contributed by atoms with Crippen molar-refractivity contribution >= 4 is 0 Å². The molecule has 6 heteroatoms. The highest BCUT2D eigenvalue weighted by Crippen LogP contribution is 2.32. The summed E-state index contributed by atoms with van der Waals surface area (Å²) in [5.74, 6) is -2.27. The standard InChI is InChI=1S/C14H9F5O/c15-11-5-4-9(7-12(11)16)13(20)8-2-1-3-10(6-8)14(17,18)19/h1-7,13,20H. The van der Waals surface area contributed by atoms with E-state index in [0.29, 0.717) is 0 Å². The van der Waals surface area contributed by atoms with E-state index in [0.717, 1.165) is 36.4 Å². The molecule has 0 aliphatic heterocycles. The molecule has 1 unspecified atom stereocenters. The highest BCUT2D eigenvalue weighted by atomic mass is 19.4. The minimum atomic E-state index is -4.54. The van der Waals surface area contributed by atoms with E-state index in [9.17, 15) is 27.1 Å². The maximum Gasteiger partial charge on any atom is 0.416 e. The summed E-state index contributed by atoms with van der Waals surface area (Å²) < 4.78 is 63.5. The fraction of sp³-hybridized carbons (Fsp3) is 0.143. The van der Waals surface area contributed by atoms with Gasteiger partial charge in [0.1, 0.15) is 6.10 Å². The van der Waals surface area contributed by atoms with Crippen LogP contribution in [0.3, 0.4) is 0 Å². The number of rotatable bonds is 2. The number of aliphatic hydroxyl groups is 1. The van der Waals surface area contributed by atoms with Crippen LogP contribution >= 0.6 is 0 Å². The average molecular weight is 288 g/mol. The number of hydrogen-bond donors (Lipinski definition) is 1. The Balaban J connectivity index is 2.38. The largest absolute Gasteiger partial charge is 0.416 e. The summed E-state index contributed by atoms with van der Waals surface area (Å²) >= 11 is 0. The molecule has 0 saturated carbocycles. The summed E-state index contributed by atoms with van der Waals surface area (Å²) in [7, 11) is 0. The Morgan fingerprint density at radius 3 is 2.10 bits per heavy atom. The summed E-state index contributed by atoms with van der Waals surface area (Å²) in [5.41, 5.74) is -0.995. The van der Waals surface area contributed by atoms with E-state index in [4.69, 9.17) is 0 Å². The number of halogens is 5. The van der Waals surface area contributed by atoms with Crippen molar-refractivity contribution in [2.24, 2.45) is 0 Å². The van der Waals surface area contributed by atoms with Crippen LogP contribution in [0, 0.1) is 11.6 Å². The van der Waals surface area contributed by atoms with Crippen LogP contribution in [0.4, 0.5) is 22.0 Å². The van der Waals surface area contributed by atoms with Crippen LogP contribution in [0.1, 0.15) is 22.8 Å². The van der Waals surface area contributed by atoms with Gasteiger partial charge in [-0.25, -0.2) is 8.78 Å². The third kappa shape index (κ3) is 2.96. The predicted molar refractivity (Wildman–Crippen MR) is 61.9 cm³/mol. The van der Waals surface area contributed by atoms with Crippen molar-refractivity contribution in [3.05, 3.63) is 70.8 Å². The van der Waals surface area contributed by atoms with E-state index in [-0.39, 0.29) is 11.1 Å². The lowest BCUT2D eigenvalue weighted by atomic mass is 9.99. The molecule has 0 saturated heterocycles. The Labute approximate surface area is 111 Å². The third-order valence-corrected chi connectivity index (χ3v) is 2.79. The lowest BCUT2D eigenvalue weighted by Crippen LogP contribution is -2.07. The first-order valence-electron chi connectivity index (χ1n) is 5.59. The molecule has 106 valence electrons. The molecule has 1 N–H and O–H groups in total. The lowest BCUT2D eigenvalue weighted by Gasteiger charge is -2.14. The van der Waals surface area contributed by atoms with Gasteiger partial charge in [0, 0.05) is 0 Å². The molecule has 0 bridgehead atoms. The molecule has 20 heavy (non-hydrogen) atoms. The van der Waals surface area contributed by atoms with E-state index in [1.54, 1.807) is 0 Å². The molecule has 1 nitrogen and oxygen atoms in total. The topological polar surface area (TPSA) is 20.2 Å². The zero-order chi connectivity index (χ0) is 14.9. The Kier molecular flexibility index (Phi) is 3.76. The van der Waals surface area contributed by atoms with Gasteiger partial charge in [-0.05, 0) is 35.4 Å². The second-order valence-electron chi connectivity index (χ2n) is 4.20. The maximum absolute atomic E-state index is 13.1. The van der Waals surface area contributed by atoms with Gasteiger partial charge in [0.25, 0.3) is 0 Å². The van der Waals surface area contributed by atoms with Crippen LogP contribution in [0.25, 0.3) is 0 Å². The van der Waals surface area contributed by atoms with Crippen molar-refractivity contribution in [3.8, 4) is 0 Å². The number of hydrogen-bond acceptors (Lipinski definition) is 1. The second-order valence-corrected chi connectivity index (χ2v) is 4.20. The highest BCUT2D eigenvalue weighted by Gasteiger charge is 2.31. The van der Waals surface area contributed by atoms with Crippen LogP contribution in [0.15, 0.2) is 42.5 Å². The van der Waals surface area contributed by atoms with Gasteiger partial charge in [-0.1, -0.05) is 18.2 Å². The monoisotopic (exact) mass is 288 g/mol. The molecule has 0 radical (unpaired) electrons. The van der Waals surface area contributed by atoms with E-state index in [1.807, 2.05) is 0 Å². The normalized spacial score (nSPS) is 13.3. The second kappa shape index (κ2) is 5.20. The van der Waals surface area contributed by atoms with Gasteiger partial charge in [0.15, 0.2) is 11.6 Å². The van der Waals surface area contributed by atoms with Gasteiger partial charge in [-0.15, -0.1) is 0 Å². The third-order valence-electron chi connectivity index (χ3n) is 2.79. The summed E-state index contributed by atoms with van der Waals surface area (Å²) in [4.78, 5) is 0. The molecule has 0 aromatic heterocycles. The van der Waals surface area contributed by atoms with E-state index >= 15 is 0 Å². The minimum absolute atomic E-state index is 0.0248. The summed E-state index contributed by atoms with van der Waals surface area (Å²) in [6.07, 6.45) is -6.00. The lowest BCUT2D eigenvalue weighted by molar-refractivity contribution is -0.137. The summed E-state index contributed by atoms with van der Waals surface area (Å²) in [5, 5.41) is 9.94. The fourth-order valence-electron chi connectivity index (χ4n) is 1.76. The van der Waals surface area contributed by atoms with Crippen LogP contribution in [0.2, 0.25) is 0 Å². The van der Waals surface area contributed by atoms with Gasteiger partial charge < -0.3 is 5.11 Å². The van der Waals surface area contributed by atoms with Crippen molar-refractivity contribution in [1.29, 1.82) is 0 Å². The zero-order valence-corrected chi connectivity index (χ0v) is 9.96. The quantitative estimate of drug-likeness (QED) is 0.826. The number of aliphatic hydroxyl groups excluding tert-OH is 1. The first-order valence-corrected chi connectivity index (χ1v) is 5.59. The molecule has 0 spiro atoms. The smallest absolute Gasteiger partial charge is 0.384 e. The number of benzene rings is 2. The molecule has 0 aliphatic rings. The van der Waals surface area contributed by atoms with Crippen molar-refractivity contribution in [1.82, 2.24) is 0 Å². The summed E-state index contributed by atoms with van der Waals surface area (Å²) in [6.45, 7) is 0. The predicted octanol–water partition coefficient (Wildman–Crippen LogP) is 4.07. The first kappa shape index (κ1) is 14.5. The molecule has 0 aliphatic carbocycles. The first-order chi connectivity index (χ1) is 9.29. The molecular formula is C14H9F5O. The Morgan fingerprint density at radius 2 is 1.50 bits per heavy atom. The van der Waals surface area contributed by atoms with E-state index in [1.165, 1.54) is 6.07 Å². The maximum atomic E-state index is 13.1. The molecule has 0 heterocycles.